The number of hydrogen-bond acceptors (Lipinski definition) is 2. The minimum Gasteiger partial charge on any atom is -0.508 e. The summed E-state index contributed by atoms with van der Waals surface area (Å²) in [6.45, 7) is 8.40. The monoisotopic (exact) mass is 312 g/mol. The maximum atomic E-state index is 9.89. The van der Waals surface area contributed by atoms with Gasteiger partial charge in [-0.3, -0.25) is 0 Å². The number of benzene rings is 2. The number of aromatic hydroxyl groups is 2. The number of rotatable bonds is 6. The van der Waals surface area contributed by atoms with Gasteiger partial charge in [-0.25, -0.2) is 0 Å². The van der Waals surface area contributed by atoms with Crippen LogP contribution < -0.4 is 0 Å². The second-order valence-electron chi connectivity index (χ2n) is 6.95. The third kappa shape index (κ3) is 4.51. The lowest BCUT2D eigenvalue weighted by molar-refractivity contribution is 0.464. The SMILES string of the molecule is CC(C)c1cc(CCCc2ccc(O)c(C(C)C)c2)ccc1O. The van der Waals surface area contributed by atoms with Crippen LogP contribution in [0.1, 0.15) is 68.2 Å². The smallest absolute Gasteiger partial charge is 0.119 e. The molecule has 0 aliphatic carbocycles. The van der Waals surface area contributed by atoms with Gasteiger partial charge in [-0.1, -0.05) is 52.0 Å². The summed E-state index contributed by atoms with van der Waals surface area (Å²) >= 11 is 0. The minimum atomic E-state index is 0.334. The van der Waals surface area contributed by atoms with Crippen LogP contribution in [0.4, 0.5) is 0 Å². The van der Waals surface area contributed by atoms with Crippen molar-refractivity contribution in [2.45, 2.75) is 58.8 Å². The lowest BCUT2D eigenvalue weighted by Crippen LogP contribution is -1.95. The Morgan fingerprint density at radius 1 is 0.696 bits per heavy atom. The second-order valence-corrected chi connectivity index (χ2v) is 6.95. The Labute approximate surface area is 139 Å². The van der Waals surface area contributed by atoms with E-state index in [0.717, 1.165) is 30.4 Å². The van der Waals surface area contributed by atoms with Crippen molar-refractivity contribution < 1.29 is 10.2 Å². The molecule has 0 atom stereocenters. The molecule has 2 heteroatoms. The zero-order valence-corrected chi connectivity index (χ0v) is 14.6. The number of hydrogen-bond donors (Lipinski definition) is 2. The van der Waals surface area contributed by atoms with Crippen LogP contribution in [0.5, 0.6) is 11.5 Å². The van der Waals surface area contributed by atoms with Crippen molar-refractivity contribution in [1.82, 2.24) is 0 Å². The van der Waals surface area contributed by atoms with Gasteiger partial charge in [-0.05, 0) is 65.5 Å². The first kappa shape index (κ1) is 17.4. The molecule has 0 saturated heterocycles. The molecule has 2 N–H and O–H groups in total. The van der Waals surface area contributed by atoms with E-state index < -0.39 is 0 Å². The van der Waals surface area contributed by atoms with Gasteiger partial charge in [0.1, 0.15) is 11.5 Å². The lowest BCUT2D eigenvalue weighted by Gasteiger charge is -2.12. The first-order chi connectivity index (χ1) is 10.9. The molecule has 0 aliphatic rings. The highest BCUT2D eigenvalue weighted by Gasteiger charge is 2.08. The van der Waals surface area contributed by atoms with Crippen molar-refractivity contribution in [2.75, 3.05) is 0 Å². The fourth-order valence-electron chi connectivity index (χ4n) is 2.94. The Kier molecular flexibility index (Phi) is 5.70. The van der Waals surface area contributed by atoms with E-state index >= 15 is 0 Å². The minimum absolute atomic E-state index is 0.334. The molecular formula is C21H28O2. The highest BCUT2D eigenvalue weighted by molar-refractivity contribution is 5.39. The Balaban J connectivity index is 2.00. The predicted octanol–water partition coefficient (Wildman–Crippen LogP) is 5.52. The first-order valence-electron chi connectivity index (χ1n) is 8.52. The van der Waals surface area contributed by atoms with Gasteiger partial charge >= 0.3 is 0 Å². The maximum Gasteiger partial charge on any atom is 0.119 e. The van der Waals surface area contributed by atoms with Crippen LogP contribution in [0, 0.1) is 0 Å². The van der Waals surface area contributed by atoms with Gasteiger partial charge in [0, 0.05) is 0 Å². The van der Waals surface area contributed by atoms with Gasteiger partial charge < -0.3 is 10.2 Å². The van der Waals surface area contributed by atoms with E-state index in [1.54, 1.807) is 0 Å². The molecule has 0 fully saturated rings. The average Bonchev–Trinajstić information content (AvgIpc) is 2.50. The highest BCUT2D eigenvalue weighted by atomic mass is 16.3. The molecule has 0 amide bonds. The molecule has 0 unspecified atom stereocenters. The van der Waals surface area contributed by atoms with E-state index in [1.165, 1.54) is 11.1 Å². The van der Waals surface area contributed by atoms with Crippen molar-refractivity contribution in [3.8, 4) is 11.5 Å². The first-order valence-corrected chi connectivity index (χ1v) is 8.52. The largest absolute Gasteiger partial charge is 0.508 e. The highest BCUT2D eigenvalue weighted by Crippen LogP contribution is 2.28. The van der Waals surface area contributed by atoms with Crippen LogP contribution in [0.2, 0.25) is 0 Å². The molecule has 2 aromatic rings. The Hall–Kier alpha value is -1.96. The number of phenols is 2. The Morgan fingerprint density at radius 3 is 1.43 bits per heavy atom. The van der Waals surface area contributed by atoms with Crippen LogP contribution in [-0.4, -0.2) is 10.2 Å². The zero-order valence-electron chi connectivity index (χ0n) is 14.6. The molecule has 2 rings (SSSR count). The molecule has 0 radical (unpaired) electrons. The van der Waals surface area contributed by atoms with Crippen LogP contribution >= 0.6 is 0 Å². The van der Waals surface area contributed by atoms with Gasteiger partial charge in [0.25, 0.3) is 0 Å². The molecular weight excluding hydrogens is 284 g/mol. The predicted molar refractivity (Wildman–Crippen MR) is 96.4 cm³/mol. The maximum absolute atomic E-state index is 9.89. The number of aryl methyl sites for hydroxylation is 2. The summed E-state index contributed by atoms with van der Waals surface area (Å²) in [6.07, 6.45) is 3.06. The zero-order chi connectivity index (χ0) is 17.0. The molecule has 2 nitrogen and oxygen atoms in total. The molecule has 0 saturated carbocycles. The molecule has 0 heterocycles. The van der Waals surface area contributed by atoms with Crippen molar-refractivity contribution >= 4 is 0 Å². The molecule has 124 valence electrons. The standard InChI is InChI=1S/C21H28O2/c1-14(2)18-12-16(8-10-20(18)22)6-5-7-17-9-11-21(23)19(13-17)15(3)4/h8-15,22-23H,5-7H2,1-4H3. The normalized spacial score (nSPS) is 11.4. The van der Waals surface area contributed by atoms with Crippen LogP contribution in [0.25, 0.3) is 0 Å². The molecule has 0 spiro atoms. The fourth-order valence-corrected chi connectivity index (χ4v) is 2.94. The van der Waals surface area contributed by atoms with E-state index in [9.17, 15) is 10.2 Å². The molecule has 2 aromatic carbocycles. The molecule has 0 aromatic heterocycles. The van der Waals surface area contributed by atoms with Crippen molar-refractivity contribution in [3.63, 3.8) is 0 Å². The summed E-state index contributed by atoms with van der Waals surface area (Å²) in [6, 6.07) is 11.9. The van der Waals surface area contributed by atoms with Gasteiger partial charge in [0.2, 0.25) is 0 Å². The average molecular weight is 312 g/mol. The van der Waals surface area contributed by atoms with Gasteiger partial charge in [0.05, 0.1) is 0 Å². The summed E-state index contributed by atoms with van der Waals surface area (Å²) in [5.74, 6) is 1.45. The quantitative estimate of drug-likeness (QED) is 0.737. The van der Waals surface area contributed by atoms with E-state index in [0.29, 0.717) is 23.3 Å². The summed E-state index contributed by atoms with van der Waals surface area (Å²) in [7, 11) is 0. The summed E-state index contributed by atoms with van der Waals surface area (Å²) in [5, 5.41) is 19.8. The van der Waals surface area contributed by atoms with Gasteiger partial charge in [-0.2, -0.15) is 0 Å². The lowest BCUT2D eigenvalue weighted by atomic mass is 9.95. The molecule has 0 bridgehead atoms. The fraction of sp³-hybridized carbons (Fsp3) is 0.429. The topological polar surface area (TPSA) is 40.5 Å². The van der Waals surface area contributed by atoms with E-state index in [2.05, 4.69) is 39.8 Å². The third-order valence-corrected chi connectivity index (χ3v) is 4.36. The van der Waals surface area contributed by atoms with Crippen LogP contribution in [-0.2, 0) is 12.8 Å². The Bertz CT molecular complexity index is 599. The summed E-state index contributed by atoms with van der Waals surface area (Å²) in [5.41, 5.74) is 4.59. The van der Waals surface area contributed by atoms with Crippen LogP contribution in [0.15, 0.2) is 36.4 Å². The Morgan fingerprint density at radius 2 is 1.09 bits per heavy atom. The van der Waals surface area contributed by atoms with E-state index in [-0.39, 0.29) is 0 Å². The van der Waals surface area contributed by atoms with E-state index in [4.69, 9.17) is 0 Å². The van der Waals surface area contributed by atoms with Crippen molar-refractivity contribution in [3.05, 3.63) is 58.7 Å². The van der Waals surface area contributed by atoms with Gasteiger partial charge in [-0.15, -0.1) is 0 Å². The molecule has 23 heavy (non-hydrogen) atoms. The van der Waals surface area contributed by atoms with Crippen molar-refractivity contribution in [2.24, 2.45) is 0 Å². The summed E-state index contributed by atoms with van der Waals surface area (Å²) in [4.78, 5) is 0. The molecule has 0 aliphatic heterocycles. The number of phenolic OH excluding ortho intramolecular Hbond substituents is 2. The van der Waals surface area contributed by atoms with Gasteiger partial charge in [0.15, 0.2) is 0 Å². The second kappa shape index (κ2) is 7.54. The summed E-state index contributed by atoms with van der Waals surface area (Å²) < 4.78 is 0. The van der Waals surface area contributed by atoms with E-state index in [1.807, 2.05) is 24.3 Å². The third-order valence-electron chi connectivity index (χ3n) is 4.36. The van der Waals surface area contributed by atoms with Crippen molar-refractivity contribution in [1.29, 1.82) is 0 Å². The van der Waals surface area contributed by atoms with Crippen LogP contribution in [0.3, 0.4) is 0 Å².